The predicted octanol–water partition coefficient (Wildman–Crippen LogP) is 2.77. The van der Waals surface area contributed by atoms with Crippen molar-refractivity contribution in [2.24, 2.45) is 4.99 Å². The highest BCUT2D eigenvalue weighted by atomic mass is 127. The van der Waals surface area contributed by atoms with Gasteiger partial charge in [0, 0.05) is 37.6 Å². The zero-order valence-electron chi connectivity index (χ0n) is 13.9. The normalized spacial score (nSPS) is 14.9. The molecule has 1 aliphatic rings. The molecule has 7 heteroatoms. The van der Waals surface area contributed by atoms with E-state index in [-0.39, 0.29) is 24.0 Å². The van der Waals surface area contributed by atoms with Gasteiger partial charge in [-0.05, 0) is 19.3 Å². The smallest absolute Gasteiger partial charge is 0.191 e. The summed E-state index contributed by atoms with van der Waals surface area (Å²) in [5.41, 5.74) is 1.48. The Bertz CT molecular complexity index is 516. The largest absolute Gasteiger partial charge is 0.377 e. The van der Waals surface area contributed by atoms with E-state index in [1.165, 1.54) is 15.5 Å². The maximum absolute atomic E-state index is 5.32. The topological polar surface area (TPSA) is 58.5 Å². The summed E-state index contributed by atoms with van der Waals surface area (Å²) in [6.07, 6.45) is 8.28. The van der Waals surface area contributed by atoms with Crippen molar-refractivity contribution in [1.29, 1.82) is 0 Å². The van der Waals surface area contributed by atoms with E-state index in [9.17, 15) is 0 Å². The molecule has 1 aromatic rings. The molecule has 0 fully saturated rings. The fourth-order valence-corrected chi connectivity index (χ4v) is 3.13. The van der Waals surface area contributed by atoms with Crippen molar-refractivity contribution in [1.82, 2.24) is 15.6 Å². The van der Waals surface area contributed by atoms with Crippen LogP contribution in [-0.2, 0) is 17.6 Å². The summed E-state index contributed by atoms with van der Waals surface area (Å²) in [5, 5.41) is 7.89. The van der Waals surface area contributed by atoms with Crippen LogP contribution in [0.4, 0.5) is 0 Å². The summed E-state index contributed by atoms with van der Waals surface area (Å²) in [7, 11) is 1.81. The highest BCUT2D eigenvalue weighted by Crippen LogP contribution is 2.13. The van der Waals surface area contributed by atoms with Crippen LogP contribution in [0, 0.1) is 0 Å². The molecule has 0 spiro atoms. The van der Waals surface area contributed by atoms with Crippen LogP contribution in [-0.4, -0.2) is 44.3 Å². The molecule has 0 bridgehead atoms. The van der Waals surface area contributed by atoms with Gasteiger partial charge in [-0.3, -0.25) is 4.99 Å². The minimum atomic E-state index is 0. The molecule has 0 aromatic carbocycles. The first-order chi connectivity index (χ1) is 10.8. The Morgan fingerprint density at radius 3 is 2.74 bits per heavy atom. The van der Waals surface area contributed by atoms with Gasteiger partial charge < -0.3 is 15.4 Å². The zero-order valence-corrected chi connectivity index (χ0v) is 17.1. The van der Waals surface area contributed by atoms with Crippen LogP contribution in [0.3, 0.4) is 0 Å². The van der Waals surface area contributed by atoms with Crippen molar-refractivity contribution in [2.75, 3.05) is 33.4 Å². The third-order valence-corrected chi connectivity index (χ3v) is 4.80. The van der Waals surface area contributed by atoms with Gasteiger partial charge in [0.1, 0.15) is 0 Å². The summed E-state index contributed by atoms with van der Waals surface area (Å²) in [5.74, 6) is 0.861. The molecule has 130 valence electrons. The van der Waals surface area contributed by atoms with Crippen molar-refractivity contribution in [3.05, 3.63) is 27.7 Å². The number of ether oxygens (including phenoxy) is 1. The van der Waals surface area contributed by atoms with E-state index in [1.807, 2.05) is 13.2 Å². The lowest BCUT2D eigenvalue weighted by molar-refractivity contribution is 0.153. The second kappa shape index (κ2) is 11.8. The lowest BCUT2D eigenvalue weighted by atomic mass is 10.1. The van der Waals surface area contributed by atoms with Crippen LogP contribution in [0.15, 0.2) is 22.8 Å². The SMILES string of the molecule is CCc1cnc(CCNC(=NC)NCCC2=CCOCC2)s1.I. The number of aromatic nitrogens is 1. The van der Waals surface area contributed by atoms with Gasteiger partial charge in [-0.1, -0.05) is 18.6 Å². The number of nitrogens with zero attached hydrogens (tertiary/aromatic N) is 2. The van der Waals surface area contributed by atoms with Crippen molar-refractivity contribution in [3.8, 4) is 0 Å². The quantitative estimate of drug-likeness (QED) is 0.290. The van der Waals surface area contributed by atoms with Gasteiger partial charge in [0.05, 0.1) is 18.2 Å². The van der Waals surface area contributed by atoms with Crippen molar-refractivity contribution in [3.63, 3.8) is 0 Å². The Balaban J connectivity index is 0.00000264. The van der Waals surface area contributed by atoms with Gasteiger partial charge in [-0.2, -0.15) is 0 Å². The second-order valence-corrected chi connectivity index (χ2v) is 6.39. The lowest BCUT2D eigenvalue weighted by Crippen LogP contribution is -2.38. The minimum Gasteiger partial charge on any atom is -0.377 e. The molecule has 23 heavy (non-hydrogen) atoms. The van der Waals surface area contributed by atoms with E-state index >= 15 is 0 Å². The van der Waals surface area contributed by atoms with Gasteiger partial charge in [0.25, 0.3) is 0 Å². The third-order valence-electron chi connectivity index (χ3n) is 3.60. The molecule has 0 radical (unpaired) electrons. The van der Waals surface area contributed by atoms with Crippen molar-refractivity contribution in [2.45, 2.75) is 32.6 Å². The molecule has 0 saturated carbocycles. The number of halogens is 1. The molecule has 2 N–H and O–H groups in total. The second-order valence-electron chi connectivity index (χ2n) is 5.19. The standard InChI is InChI=1S/C16H26N4OS.HI/c1-3-14-12-20-15(22-14)5-9-19-16(17-2)18-8-4-13-6-10-21-11-7-13;/h6,12H,3-5,7-11H2,1-2H3,(H2,17,18,19);1H. The van der Waals surface area contributed by atoms with E-state index < -0.39 is 0 Å². The van der Waals surface area contributed by atoms with E-state index in [0.29, 0.717) is 0 Å². The van der Waals surface area contributed by atoms with Gasteiger partial charge in [0.2, 0.25) is 0 Å². The van der Waals surface area contributed by atoms with Crippen LogP contribution in [0.2, 0.25) is 0 Å². The Morgan fingerprint density at radius 2 is 2.13 bits per heavy atom. The zero-order chi connectivity index (χ0) is 15.6. The number of nitrogens with one attached hydrogen (secondary N) is 2. The van der Waals surface area contributed by atoms with Gasteiger partial charge in [-0.25, -0.2) is 4.98 Å². The van der Waals surface area contributed by atoms with Crippen LogP contribution >= 0.6 is 35.3 Å². The highest BCUT2D eigenvalue weighted by Gasteiger charge is 2.05. The number of rotatable bonds is 7. The van der Waals surface area contributed by atoms with Crippen LogP contribution in [0.25, 0.3) is 0 Å². The Kier molecular flexibility index (Phi) is 10.5. The minimum absolute atomic E-state index is 0. The maximum atomic E-state index is 5.32. The number of aliphatic imine (C=N–C) groups is 1. The van der Waals surface area contributed by atoms with Crippen LogP contribution < -0.4 is 10.6 Å². The molecule has 0 unspecified atom stereocenters. The summed E-state index contributed by atoms with van der Waals surface area (Å²) in [4.78, 5) is 10.0. The molecular formula is C16H27IN4OS. The van der Waals surface area contributed by atoms with Crippen molar-refractivity contribution < 1.29 is 4.74 Å². The van der Waals surface area contributed by atoms with Crippen LogP contribution in [0.5, 0.6) is 0 Å². The molecule has 2 rings (SSSR count). The predicted molar refractivity (Wildman–Crippen MR) is 108 cm³/mol. The molecule has 0 atom stereocenters. The summed E-state index contributed by atoms with van der Waals surface area (Å²) in [6.45, 7) is 5.53. The first-order valence-electron chi connectivity index (χ1n) is 7.95. The van der Waals surface area contributed by atoms with E-state index in [4.69, 9.17) is 4.74 Å². The number of aryl methyl sites for hydroxylation is 1. The fraction of sp³-hybridized carbons (Fsp3) is 0.625. The average Bonchev–Trinajstić information content (AvgIpc) is 3.02. The first-order valence-corrected chi connectivity index (χ1v) is 8.77. The Labute approximate surface area is 160 Å². The molecule has 1 aromatic heterocycles. The first kappa shape index (κ1) is 20.4. The van der Waals surface area contributed by atoms with Gasteiger partial charge in [-0.15, -0.1) is 35.3 Å². The summed E-state index contributed by atoms with van der Waals surface area (Å²) >= 11 is 1.80. The Morgan fingerprint density at radius 1 is 1.35 bits per heavy atom. The maximum Gasteiger partial charge on any atom is 0.191 e. The average molecular weight is 450 g/mol. The number of hydrogen-bond acceptors (Lipinski definition) is 4. The number of thiazole rings is 1. The lowest BCUT2D eigenvalue weighted by Gasteiger charge is -2.15. The molecule has 1 aliphatic heterocycles. The van der Waals surface area contributed by atoms with E-state index in [0.717, 1.165) is 57.9 Å². The van der Waals surface area contributed by atoms with Crippen molar-refractivity contribution >= 4 is 41.3 Å². The number of hydrogen-bond donors (Lipinski definition) is 2. The molecule has 0 amide bonds. The van der Waals surface area contributed by atoms with Gasteiger partial charge >= 0.3 is 0 Å². The number of guanidine groups is 1. The molecule has 0 aliphatic carbocycles. The summed E-state index contributed by atoms with van der Waals surface area (Å²) < 4.78 is 5.32. The molecular weight excluding hydrogens is 423 g/mol. The fourth-order valence-electron chi connectivity index (χ4n) is 2.27. The third kappa shape index (κ3) is 7.63. The van der Waals surface area contributed by atoms with E-state index in [2.05, 4.69) is 33.6 Å². The summed E-state index contributed by atoms with van der Waals surface area (Å²) in [6, 6.07) is 0. The van der Waals surface area contributed by atoms with Crippen LogP contribution in [0.1, 0.15) is 29.7 Å². The van der Waals surface area contributed by atoms with Gasteiger partial charge in [0.15, 0.2) is 5.96 Å². The molecule has 2 heterocycles. The Hall–Kier alpha value is -0.670. The molecule has 5 nitrogen and oxygen atoms in total. The molecule has 0 saturated heterocycles. The highest BCUT2D eigenvalue weighted by molar-refractivity contribution is 14.0. The van der Waals surface area contributed by atoms with E-state index in [1.54, 1.807) is 11.3 Å². The monoisotopic (exact) mass is 450 g/mol.